The van der Waals surface area contributed by atoms with Crippen molar-refractivity contribution in [1.82, 2.24) is 25.1 Å². The third-order valence-electron chi connectivity index (χ3n) is 5.70. The predicted molar refractivity (Wildman–Crippen MR) is 129 cm³/mol. The van der Waals surface area contributed by atoms with E-state index >= 15 is 0 Å². The third-order valence-corrected chi connectivity index (χ3v) is 5.70. The van der Waals surface area contributed by atoms with Gasteiger partial charge in [0.05, 0.1) is 0 Å². The largest absolute Gasteiger partial charge is 0.357 e. The molecule has 0 radical (unpaired) electrons. The second-order valence-corrected chi connectivity index (χ2v) is 8.01. The standard InChI is InChI=1S/C22H32N6.HI/c1-3-23-22(26-19-13-17(2)28(16-19)20-9-10-20)25-14-21-24-11-12-27(21)15-18-7-5-4-6-8-18;/h4-8,11-12,17,19-20H,3,9-10,13-16H2,1-2H3,(H2,23,25,26);1H. The van der Waals surface area contributed by atoms with Crippen LogP contribution < -0.4 is 10.6 Å². The molecule has 0 spiro atoms. The van der Waals surface area contributed by atoms with Crippen LogP contribution in [0.2, 0.25) is 0 Å². The Balaban J connectivity index is 0.00000240. The Hall–Kier alpha value is -1.61. The van der Waals surface area contributed by atoms with E-state index in [2.05, 4.69) is 63.2 Å². The van der Waals surface area contributed by atoms with Crippen molar-refractivity contribution in [2.75, 3.05) is 13.1 Å². The van der Waals surface area contributed by atoms with Crippen LogP contribution in [0.15, 0.2) is 47.7 Å². The fourth-order valence-electron chi connectivity index (χ4n) is 4.15. The van der Waals surface area contributed by atoms with Crippen molar-refractivity contribution in [2.24, 2.45) is 4.99 Å². The van der Waals surface area contributed by atoms with Crippen molar-refractivity contribution >= 4 is 29.9 Å². The lowest BCUT2D eigenvalue weighted by atomic mass is 10.2. The molecule has 2 unspecified atom stereocenters. The minimum atomic E-state index is 0. The molecular weight excluding hydrogens is 475 g/mol. The van der Waals surface area contributed by atoms with Gasteiger partial charge in [-0.1, -0.05) is 30.3 Å². The summed E-state index contributed by atoms with van der Waals surface area (Å²) in [6.45, 7) is 7.85. The van der Waals surface area contributed by atoms with Crippen LogP contribution in [0.5, 0.6) is 0 Å². The third kappa shape index (κ3) is 5.94. The van der Waals surface area contributed by atoms with Gasteiger partial charge in [0.15, 0.2) is 5.96 Å². The van der Waals surface area contributed by atoms with E-state index in [1.807, 2.05) is 18.5 Å². The molecule has 4 rings (SSSR count). The maximum atomic E-state index is 4.82. The number of benzene rings is 1. The van der Waals surface area contributed by atoms with Crippen molar-refractivity contribution in [1.29, 1.82) is 0 Å². The molecule has 158 valence electrons. The Morgan fingerprint density at radius 1 is 1.24 bits per heavy atom. The van der Waals surface area contributed by atoms with E-state index < -0.39 is 0 Å². The smallest absolute Gasteiger partial charge is 0.191 e. The van der Waals surface area contributed by atoms with Gasteiger partial charge in [-0.15, -0.1) is 24.0 Å². The number of nitrogens with one attached hydrogen (secondary N) is 2. The van der Waals surface area contributed by atoms with Crippen molar-refractivity contribution in [3.05, 3.63) is 54.1 Å². The number of rotatable bonds is 7. The predicted octanol–water partition coefficient (Wildman–Crippen LogP) is 3.23. The molecule has 1 aromatic heterocycles. The molecule has 7 heteroatoms. The van der Waals surface area contributed by atoms with Crippen molar-refractivity contribution in [3.63, 3.8) is 0 Å². The highest BCUT2D eigenvalue weighted by Gasteiger charge is 2.38. The molecule has 2 fully saturated rings. The SMILES string of the molecule is CCNC(=NCc1nccn1Cc1ccccc1)NC1CC(C)N(C2CC2)C1.I. The van der Waals surface area contributed by atoms with Gasteiger partial charge in [0, 0.05) is 50.2 Å². The van der Waals surface area contributed by atoms with Gasteiger partial charge in [-0.25, -0.2) is 9.98 Å². The molecule has 6 nitrogen and oxygen atoms in total. The number of imidazole rings is 1. The summed E-state index contributed by atoms with van der Waals surface area (Å²) < 4.78 is 2.18. The summed E-state index contributed by atoms with van der Waals surface area (Å²) in [5.74, 6) is 1.88. The first-order chi connectivity index (χ1) is 13.7. The summed E-state index contributed by atoms with van der Waals surface area (Å²) in [7, 11) is 0. The van der Waals surface area contributed by atoms with Crippen LogP contribution in [0.1, 0.15) is 44.5 Å². The fourth-order valence-corrected chi connectivity index (χ4v) is 4.15. The normalized spacial score (nSPS) is 22.3. The lowest BCUT2D eigenvalue weighted by Gasteiger charge is -2.20. The van der Waals surface area contributed by atoms with Crippen LogP contribution in [-0.2, 0) is 13.1 Å². The molecule has 29 heavy (non-hydrogen) atoms. The van der Waals surface area contributed by atoms with Crippen molar-refractivity contribution in [2.45, 2.75) is 64.3 Å². The summed E-state index contributed by atoms with van der Waals surface area (Å²) in [6, 6.07) is 12.4. The molecule has 2 aliphatic rings. The second kappa shape index (κ2) is 10.4. The zero-order valence-electron chi connectivity index (χ0n) is 17.4. The topological polar surface area (TPSA) is 57.5 Å². The number of likely N-dealkylation sites (tertiary alicyclic amines) is 1. The maximum Gasteiger partial charge on any atom is 0.191 e. The Morgan fingerprint density at radius 3 is 2.76 bits per heavy atom. The molecule has 1 aliphatic heterocycles. The summed E-state index contributed by atoms with van der Waals surface area (Å²) in [5.41, 5.74) is 1.27. The van der Waals surface area contributed by atoms with E-state index in [9.17, 15) is 0 Å². The zero-order valence-corrected chi connectivity index (χ0v) is 19.8. The van der Waals surface area contributed by atoms with Crippen LogP contribution in [0.25, 0.3) is 0 Å². The Bertz CT molecular complexity index is 786. The van der Waals surface area contributed by atoms with E-state index in [0.29, 0.717) is 18.6 Å². The summed E-state index contributed by atoms with van der Waals surface area (Å²) in [4.78, 5) is 12.0. The molecular formula is C22H33IN6. The highest BCUT2D eigenvalue weighted by molar-refractivity contribution is 14.0. The molecule has 2 heterocycles. The molecule has 2 aromatic rings. The number of guanidine groups is 1. The van der Waals surface area contributed by atoms with Crippen LogP contribution in [0.4, 0.5) is 0 Å². The van der Waals surface area contributed by atoms with E-state index in [-0.39, 0.29) is 24.0 Å². The van der Waals surface area contributed by atoms with Gasteiger partial charge in [-0.3, -0.25) is 4.90 Å². The van der Waals surface area contributed by atoms with Crippen molar-refractivity contribution < 1.29 is 0 Å². The van der Waals surface area contributed by atoms with Gasteiger partial charge in [-0.2, -0.15) is 0 Å². The molecule has 1 aliphatic carbocycles. The minimum Gasteiger partial charge on any atom is -0.357 e. The summed E-state index contributed by atoms with van der Waals surface area (Å²) in [5, 5.41) is 7.05. The van der Waals surface area contributed by atoms with Gasteiger partial charge in [0.2, 0.25) is 0 Å². The van der Waals surface area contributed by atoms with Gasteiger partial charge >= 0.3 is 0 Å². The zero-order chi connectivity index (χ0) is 19.3. The number of nitrogens with zero attached hydrogens (tertiary/aromatic N) is 4. The van der Waals surface area contributed by atoms with Crippen LogP contribution in [0.3, 0.4) is 0 Å². The number of halogens is 1. The van der Waals surface area contributed by atoms with E-state index in [0.717, 1.165) is 37.5 Å². The van der Waals surface area contributed by atoms with Crippen LogP contribution in [-0.4, -0.2) is 51.6 Å². The molecule has 0 bridgehead atoms. The number of aliphatic imine (C=N–C) groups is 1. The lowest BCUT2D eigenvalue weighted by molar-refractivity contribution is 0.256. The monoisotopic (exact) mass is 508 g/mol. The highest BCUT2D eigenvalue weighted by atomic mass is 127. The Labute approximate surface area is 191 Å². The summed E-state index contributed by atoms with van der Waals surface area (Å²) >= 11 is 0. The molecule has 2 atom stereocenters. The van der Waals surface area contributed by atoms with Gasteiger partial charge in [-0.05, 0) is 38.7 Å². The summed E-state index contributed by atoms with van der Waals surface area (Å²) in [6.07, 6.45) is 7.82. The quantitative estimate of drug-likeness (QED) is 0.343. The van der Waals surface area contributed by atoms with Gasteiger partial charge < -0.3 is 15.2 Å². The first kappa shape index (κ1) is 22.1. The number of aromatic nitrogens is 2. The second-order valence-electron chi connectivity index (χ2n) is 8.01. The molecule has 2 N–H and O–H groups in total. The molecule has 1 saturated carbocycles. The number of hydrogen-bond donors (Lipinski definition) is 2. The van der Waals surface area contributed by atoms with E-state index in [1.165, 1.54) is 24.8 Å². The molecule has 1 saturated heterocycles. The first-order valence-electron chi connectivity index (χ1n) is 10.6. The Morgan fingerprint density at radius 2 is 2.03 bits per heavy atom. The highest BCUT2D eigenvalue weighted by Crippen LogP contribution is 2.33. The average molecular weight is 508 g/mol. The molecule has 1 aromatic carbocycles. The van der Waals surface area contributed by atoms with E-state index in [4.69, 9.17) is 4.99 Å². The number of hydrogen-bond acceptors (Lipinski definition) is 3. The van der Waals surface area contributed by atoms with Crippen LogP contribution in [0, 0.1) is 0 Å². The van der Waals surface area contributed by atoms with Gasteiger partial charge in [0.25, 0.3) is 0 Å². The maximum absolute atomic E-state index is 4.82. The van der Waals surface area contributed by atoms with Gasteiger partial charge in [0.1, 0.15) is 12.4 Å². The molecule has 0 amide bonds. The van der Waals surface area contributed by atoms with Crippen molar-refractivity contribution in [3.8, 4) is 0 Å². The average Bonchev–Trinajstić information content (AvgIpc) is 3.34. The van der Waals surface area contributed by atoms with Crippen LogP contribution >= 0.6 is 24.0 Å². The fraction of sp³-hybridized carbons (Fsp3) is 0.545. The first-order valence-corrected chi connectivity index (χ1v) is 10.6. The Kier molecular flexibility index (Phi) is 7.94. The minimum absolute atomic E-state index is 0. The van der Waals surface area contributed by atoms with E-state index in [1.54, 1.807) is 0 Å². The lowest BCUT2D eigenvalue weighted by Crippen LogP contribution is -2.44.